The Morgan fingerprint density at radius 2 is 1.81 bits per heavy atom. The van der Waals surface area contributed by atoms with Gasteiger partial charge in [-0.1, -0.05) is 30.3 Å². The maximum absolute atomic E-state index is 13.2. The van der Waals surface area contributed by atoms with Gasteiger partial charge in [0.2, 0.25) is 0 Å². The van der Waals surface area contributed by atoms with Crippen LogP contribution in [0.4, 0.5) is 0 Å². The molecular weight excluding hydrogens is 404 g/mol. The van der Waals surface area contributed by atoms with Gasteiger partial charge in [0.05, 0.1) is 10.9 Å². The van der Waals surface area contributed by atoms with Gasteiger partial charge in [-0.25, -0.2) is 4.79 Å². The minimum absolute atomic E-state index is 0.0363. The van der Waals surface area contributed by atoms with Crippen molar-refractivity contribution in [1.82, 2.24) is 19.4 Å². The van der Waals surface area contributed by atoms with Crippen molar-refractivity contribution in [3.63, 3.8) is 0 Å². The Bertz CT molecular complexity index is 1280. The summed E-state index contributed by atoms with van der Waals surface area (Å²) in [6, 6.07) is 15.5. The molecule has 166 valence electrons. The van der Waals surface area contributed by atoms with E-state index in [1.807, 2.05) is 11.0 Å². The Hall–Kier alpha value is -3.19. The Labute approximate surface area is 186 Å². The fourth-order valence-corrected chi connectivity index (χ4v) is 5.30. The van der Waals surface area contributed by atoms with Crippen LogP contribution in [0.1, 0.15) is 35.7 Å². The summed E-state index contributed by atoms with van der Waals surface area (Å²) in [5, 5.41) is 0.424. The fraction of sp³-hybridized carbons (Fsp3) is 0.400. The molecule has 0 aliphatic carbocycles. The number of likely N-dealkylation sites (tertiary alicyclic amines) is 2. The summed E-state index contributed by atoms with van der Waals surface area (Å²) in [7, 11) is 0. The van der Waals surface area contributed by atoms with Crippen LogP contribution in [-0.2, 0) is 13.1 Å². The molecule has 5 rings (SSSR count). The van der Waals surface area contributed by atoms with Crippen molar-refractivity contribution in [3.8, 4) is 0 Å². The summed E-state index contributed by atoms with van der Waals surface area (Å²) in [6.07, 6.45) is 2.11. The van der Waals surface area contributed by atoms with E-state index in [1.54, 1.807) is 25.1 Å². The number of aromatic nitrogens is 2. The van der Waals surface area contributed by atoms with Gasteiger partial charge in [0.15, 0.2) is 0 Å². The van der Waals surface area contributed by atoms with E-state index in [2.05, 4.69) is 34.1 Å². The number of hydrogen-bond donors (Lipinski definition) is 1. The molecule has 1 unspecified atom stereocenters. The van der Waals surface area contributed by atoms with E-state index in [1.165, 1.54) is 5.56 Å². The lowest BCUT2D eigenvalue weighted by Gasteiger charge is -2.25. The molecule has 2 aliphatic rings. The second-order valence-corrected chi connectivity index (χ2v) is 9.16. The van der Waals surface area contributed by atoms with Crippen molar-refractivity contribution in [1.29, 1.82) is 0 Å². The molecule has 0 radical (unpaired) electrons. The number of nitrogens with one attached hydrogen (secondary N) is 1. The Kier molecular flexibility index (Phi) is 5.21. The number of hydrogen-bond acceptors (Lipinski definition) is 4. The van der Waals surface area contributed by atoms with Crippen LogP contribution >= 0.6 is 0 Å². The van der Waals surface area contributed by atoms with Crippen LogP contribution < -0.4 is 11.2 Å². The predicted molar refractivity (Wildman–Crippen MR) is 124 cm³/mol. The molecule has 3 aromatic rings. The zero-order valence-corrected chi connectivity index (χ0v) is 18.3. The zero-order valence-electron chi connectivity index (χ0n) is 18.3. The third kappa shape index (κ3) is 3.66. The topological polar surface area (TPSA) is 78.4 Å². The first kappa shape index (κ1) is 20.7. The molecule has 32 heavy (non-hydrogen) atoms. The number of fused-ring (bicyclic) bond motifs is 1. The summed E-state index contributed by atoms with van der Waals surface area (Å²) in [5.41, 5.74) is 1.64. The number of benzene rings is 2. The monoisotopic (exact) mass is 432 g/mol. The van der Waals surface area contributed by atoms with Crippen LogP contribution in [0.3, 0.4) is 0 Å². The van der Waals surface area contributed by atoms with E-state index in [0.717, 1.165) is 50.1 Å². The average molecular weight is 433 g/mol. The van der Waals surface area contributed by atoms with Gasteiger partial charge >= 0.3 is 5.69 Å². The van der Waals surface area contributed by atoms with Crippen molar-refractivity contribution in [3.05, 3.63) is 80.5 Å². The van der Waals surface area contributed by atoms with E-state index in [4.69, 9.17) is 0 Å². The van der Waals surface area contributed by atoms with Crippen LogP contribution in [0.5, 0.6) is 0 Å². The lowest BCUT2D eigenvalue weighted by molar-refractivity contribution is 0.0773. The highest BCUT2D eigenvalue weighted by atomic mass is 16.2. The third-order valence-corrected chi connectivity index (χ3v) is 7.04. The SMILES string of the molecule is CCn1c(=O)[nH]c2cc(C(=O)N3CCC4(CCN(Cc5ccccc5)C4)C3)ccc2c1=O. The molecule has 2 saturated heterocycles. The molecule has 0 bridgehead atoms. The maximum atomic E-state index is 13.2. The molecular formula is C25H28N4O3. The molecule has 1 N–H and O–H groups in total. The van der Waals surface area contributed by atoms with Gasteiger partial charge in [-0.05, 0) is 50.1 Å². The predicted octanol–water partition coefficient (Wildman–Crippen LogP) is 2.45. The van der Waals surface area contributed by atoms with E-state index in [-0.39, 0.29) is 16.9 Å². The number of nitrogens with zero attached hydrogens (tertiary/aromatic N) is 3. The lowest BCUT2D eigenvalue weighted by Crippen LogP contribution is -2.35. The van der Waals surface area contributed by atoms with Gasteiger partial charge < -0.3 is 9.88 Å². The Morgan fingerprint density at radius 3 is 2.59 bits per heavy atom. The van der Waals surface area contributed by atoms with Crippen molar-refractivity contribution in [2.75, 3.05) is 26.2 Å². The summed E-state index contributed by atoms with van der Waals surface area (Å²) in [4.78, 5) is 45.0. The van der Waals surface area contributed by atoms with Gasteiger partial charge in [0.25, 0.3) is 11.5 Å². The molecule has 3 heterocycles. The Morgan fingerprint density at radius 1 is 1.03 bits per heavy atom. The van der Waals surface area contributed by atoms with Crippen LogP contribution in [0.25, 0.3) is 10.9 Å². The summed E-state index contributed by atoms with van der Waals surface area (Å²) >= 11 is 0. The first-order valence-electron chi connectivity index (χ1n) is 11.3. The second-order valence-electron chi connectivity index (χ2n) is 9.16. The summed E-state index contributed by atoms with van der Waals surface area (Å²) in [5.74, 6) is -0.0363. The van der Waals surface area contributed by atoms with Crippen LogP contribution in [0, 0.1) is 5.41 Å². The average Bonchev–Trinajstić information content (AvgIpc) is 3.40. The summed E-state index contributed by atoms with van der Waals surface area (Å²) in [6.45, 7) is 6.57. The third-order valence-electron chi connectivity index (χ3n) is 7.04. The fourth-order valence-electron chi connectivity index (χ4n) is 5.30. The highest BCUT2D eigenvalue weighted by Gasteiger charge is 2.44. The molecule has 0 saturated carbocycles. The normalized spacial score (nSPS) is 21.1. The van der Waals surface area contributed by atoms with Gasteiger partial charge in [-0.3, -0.25) is 19.1 Å². The first-order chi connectivity index (χ1) is 15.5. The van der Waals surface area contributed by atoms with Gasteiger partial charge in [-0.2, -0.15) is 0 Å². The quantitative estimate of drug-likeness (QED) is 0.687. The highest BCUT2D eigenvalue weighted by Crippen LogP contribution is 2.40. The van der Waals surface area contributed by atoms with Crippen LogP contribution in [-0.4, -0.2) is 51.4 Å². The zero-order chi connectivity index (χ0) is 22.3. The van der Waals surface area contributed by atoms with E-state index < -0.39 is 5.69 Å². The van der Waals surface area contributed by atoms with Crippen LogP contribution in [0.2, 0.25) is 0 Å². The van der Waals surface area contributed by atoms with Crippen molar-refractivity contribution >= 4 is 16.8 Å². The standard InChI is InChI=1S/C25H28N4O3/c1-2-29-23(31)20-9-8-19(14-21(20)26-24(29)32)22(30)28-13-11-25(17-28)10-12-27(16-25)15-18-6-4-3-5-7-18/h3-9,14H,2,10-13,15-17H2,1H3,(H,26,32). The van der Waals surface area contributed by atoms with Crippen LogP contribution in [0.15, 0.2) is 58.1 Å². The molecule has 7 heteroatoms. The largest absolute Gasteiger partial charge is 0.338 e. The molecule has 1 atom stereocenters. The first-order valence-corrected chi connectivity index (χ1v) is 11.3. The molecule has 2 aromatic carbocycles. The molecule has 2 fully saturated rings. The van der Waals surface area contributed by atoms with E-state index >= 15 is 0 Å². The highest BCUT2D eigenvalue weighted by molar-refractivity contribution is 5.97. The molecule has 2 aliphatic heterocycles. The van der Waals surface area contributed by atoms with E-state index in [9.17, 15) is 14.4 Å². The molecule has 7 nitrogen and oxygen atoms in total. The number of aromatic amines is 1. The summed E-state index contributed by atoms with van der Waals surface area (Å²) < 4.78 is 1.16. The van der Waals surface area contributed by atoms with Gasteiger partial charge in [0, 0.05) is 43.7 Å². The Balaban J connectivity index is 1.31. The van der Waals surface area contributed by atoms with Crippen molar-refractivity contribution in [2.45, 2.75) is 32.9 Å². The molecule has 1 amide bonds. The number of H-pyrrole nitrogens is 1. The smallest absolute Gasteiger partial charge is 0.328 e. The lowest BCUT2D eigenvalue weighted by atomic mass is 9.86. The minimum Gasteiger partial charge on any atom is -0.338 e. The molecule has 1 spiro atoms. The second kappa shape index (κ2) is 8.06. The van der Waals surface area contributed by atoms with Gasteiger partial charge in [0.1, 0.15) is 0 Å². The van der Waals surface area contributed by atoms with Crippen molar-refractivity contribution in [2.24, 2.45) is 5.41 Å². The van der Waals surface area contributed by atoms with Gasteiger partial charge in [-0.15, -0.1) is 0 Å². The van der Waals surface area contributed by atoms with Crippen molar-refractivity contribution < 1.29 is 4.79 Å². The number of amides is 1. The number of carbonyl (C=O) groups is 1. The minimum atomic E-state index is -0.445. The number of rotatable bonds is 4. The number of carbonyl (C=O) groups excluding carboxylic acids is 1. The van der Waals surface area contributed by atoms with E-state index in [0.29, 0.717) is 23.0 Å². The molecule has 1 aromatic heterocycles. The maximum Gasteiger partial charge on any atom is 0.328 e.